The standard InChI is InChI=1S/C27H23N3O4S/c1-2-34-21-9-6-10-22-25(21)28-27(35-22)29(17-18-7-4-3-5-8-18)26(33)19-11-13-20(14-12-19)30-23(31)15-16-24(30)32/h3-14H,2,15-17H2,1H3. The number of aromatic nitrogens is 1. The van der Waals surface area contributed by atoms with Gasteiger partial charge in [-0.2, -0.15) is 0 Å². The first-order valence-electron chi connectivity index (χ1n) is 11.4. The van der Waals surface area contributed by atoms with Crippen molar-refractivity contribution in [3.05, 3.63) is 83.9 Å². The Morgan fingerprint density at radius 3 is 2.37 bits per heavy atom. The van der Waals surface area contributed by atoms with Gasteiger partial charge in [0.05, 0.1) is 23.5 Å². The van der Waals surface area contributed by atoms with Crippen LogP contribution in [0.15, 0.2) is 72.8 Å². The number of benzene rings is 3. The van der Waals surface area contributed by atoms with Crippen molar-refractivity contribution in [1.29, 1.82) is 0 Å². The molecule has 1 aliphatic heterocycles. The number of hydrogen-bond donors (Lipinski definition) is 0. The fraction of sp³-hybridized carbons (Fsp3) is 0.185. The zero-order chi connectivity index (χ0) is 24.4. The second kappa shape index (κ2) is 9.68. The van der Waals surface area contributed by atoms with Crippen molar-refractivity contribution in [3.8, 4) is 5.75 Å². The van der Waals surface area contributed by atoms with E-state index in [4.69, 9.17) is 9.72 Å². The van der Waals surface area contributed by atoms with Gasteiger partial charge < -0.3 is 4.74 Å². The molecule has 1 fully saturated rings. The average molecular weight is 486 g/mol. The number of anilines is 2. The summed E-state index contributed by atoms with van der Waals surface area (Å²) in [6, 6.07) is 22.0. The van der Waals surface area contributed by atoms with E-state index in [1.165, 1.54) is 16.2 Å². The Morgan fingerprint density at radius 2 is 1.69 bits per heavy atom. The van der Waals surface area contributed by atoms with Gasteiger partial charge in [-0.25, -0.2) is 4.98 Å². The maximum atomic E-state index is 13.7. The first-order chi connectivity index (χ1) is 17.0. The second-order valence-corrected chi connectivity index (χ2v) is 9.09. The van der Waals surface area contributed by atoms with Gasteiger partial charge in [0.2, 0.25) is 11.8 Å². The van der Waals surface area contributed by atoms with Crippen LogP contribution in [0, 0.1) is 0 Å². The number of ether oxygens (including phenoxy) is 1. The predicted octanol–water partition coefficient (Wildman–Crippen LogP) is 5.20. The quantitative estimate of drug-likeness (QED) is 0.336. The summed E-state index contributed by atoms with van der Waals surface area (Å²) in [6.45, 7) is 2.78. The van der Waals surface area contributed by atoms with E-state index >= 15 is 0 Å². The van der Waals surface area contributed by atoms with Gasteiger partial charge in [-0.3, -0.25) is 24.2 Å². The molecule has 0 radical (unpaired) electrons. The Morgan fingerprint density at radius 1 is 0.971 bits per heavy atom. The van der Waals surface area contributed by atoms with E-state index in [1.807, 2.05) is 55.5 Å². The molecule has 0 unspecified atom stereocenters. The molecule has 0 bridgehead atoms. The van der Waals surface area contributed by atoms with Gasteiger partial charge in [0, 0.05) is 18.4 Å². The molecule has 176 valence electrons. The van der Waals surface area contributed by atoms with Crippen molar-refractivity contribution in [2.75, 3.05) is 16.4 Å². The topological polar surface area (TPSA) is 79.8 Å². The molecular weight excluding hydrogens is 462 g/mol. The number of carbonyl (C=O) groups is 3. The van der Waals surface area contributed by atoms with Gasteiger partial charge in [-0.05, 0) is 48.9 Å². The average Bonchev–Trinajstić information content (AvgIpc) is 3.46. The van der Waals surface area contributed by atoms with Crippen LogP contribution >= 0.6 is 11.3 Å². The Bertz CT molecular complexity index is 1380. The van der Waals surface area contributed by atoms with Crippen molar-refractivity contribution in [1.82, 2.24) is 4.98 Å². The smallest absolute Gasteiger partial charge is 0.260 e. The van der Waals surface area contributed by atoms with Crippen molar-refractivity contribution >= 4 is 50.1 Å². The van der Waals surface area contributed by atoms with Crippen LogP contribution in [0.4, 0.5) is 10.8 Å². The third kappa shape index (κ3) is 4.52. The highest BCUT2D eigenvalue weighted by Crippen LogP contribution is 2.35. The van der Waals surface area contributed by atoms with E-state index in [0.29, 0.717) is 35.3 Å². The minimum atomic E-state index is -0.225. The van der Waals surface area contributed by atoms with Gasteiger partial charge in [-0.15, -0.1) is 0 Å². The van der Waals surface area contributed by atoms with E-state index in [9.17, 15) is 14.4 Å². The van der Waals surface area contributed by atoms with Crippen molar-refractivity contribution in [3.63, 3.8) is 0 Å². The monoisotopic (exact) mass is 485 g/mol. The lowest BCUT2D eigenvalue weighted by Gasteiger charge is -2.21. The van der Waals surface area contributed by atoms with E-state index in [1.54, 1.807) is 29.2 Å². The lowest BCUT2D eigenvalue weighted by molar-refractivity contribution is -0.121. The molecule has 3 aromatic carbocycles. The highest BCUT2D eigenvalue weighted by molar-refractivity contribution is 7.22. The van der Waals surface area contributed by atoms with Crippen molar-refractivity contribution in [2.24, 2.45) is 0 Å². The normalized spacial score (nSPS) is 13.5. The summed E-state index contributed by atoms with van der Waals surface area (Å²) in [4.78, 5) is 45.5. The molecule has 7 nitrogen and oxygen atoms in total. The van der Waals surface area contributed by atoms with Crippen LogP contribution < -0.4 is 14.5 Å². The Labute approximate surface area is 206 Å². The molecule has 1 aromatic heterocycles. The van der Waals surface area contributed by atoms with Crippen LogP contribution in [0.3, 0.4) is 0 Å². The third-order valence-electron chi connectivity index (χ3n) is 5.75. The summed E-state index contributed by atoms with van der Waals surface area (Å²) in [5.41, 5.74) is 2.61. The summed E-state index contributed by atoms with van der Waals surface area (Å²) in [6.07, 6.45) is 0.428. The highest BCUT2D eigenvalue weighted by Gasteiger charge is 2.30. The SMILES string of the molecule is CCOc1cccc2sc(N(Cc3ccccc3)C(=O)c3ccc(N4C(=O)CCC4=O)cc3)nc12. The lowest BCUT2D eigenvalue weighted by Crippen LogP contribution is -2.31. The molecular formula is C27H23N3O4S. The molecule has 5 rings (SSSR count). The number of hydrogen-bond acceptors (Lipinski definition) is 6. The molecule has 0 atom stereocenters. The van der Waals surface area contributed by atoms with Crippen LogP contribution in [0.2, 0.25) is 0 Å². The molecule has 2 heterocycles. The number of imide groups is 1. The van der Waals surface area contributed by atoms with E-state index in [-0.39, 0.29) is 30.6 Å². The van der Waals surface area contributed by atoms with Gasteiger partial charge in [0.15, 0.2) is 5.13 Å². The largest absolute Gasteiger partial charge is 0.492 e. The van der Waals surface area contributed by atoms with E-state index in [0.717, 1.165) is 15.8 Å². The molecule has 35 heavy (non-hydrogen) atoms. The maximum Gasteiger partial charge on any atom is 0.260 e. The van der Waals surface area contributed by atoms with Gasteiger partial charge in [0.25, 0.3) is 5.91 Å². The predicted molar refractivity (Wildman–Crippen MR) is 136 cm³/mol. The number of rotatable bonds is 7. The summed E-state index contributed by atoms with van der Waals surface area (Å²) < 4.78 is 6.66. The number of thiazole rings is 1. The number of para-hydroxylation sites is 1. The van der Waals surface area contributed by atoms with E-state index in [2.05, 4.69) is 0 Å². The Kier molecular flexibility index (Phi) is 6.29. The summed E-state index contributed by atoms with van der Waals surface area (Å²) >= 11 is 1.43. The van der Waals surface area contributed by atoms with Crippen LogP contribution in [0.25, 0.3) is 10.2 Å². The number of fused-ring (bicyclic) bond motifs is 1. The first kappa shape index (κ1) is 22.7. The molecule has 3 amide bonds. The second-order valence-electron chi connectivity index (χ2n) is 8.08. The van der Waals surface area contributed by atoms with Crippen LogP contribution in [-0.4, -0.2) is 29.3 Å². The molecule has 8 heteroatoms. The zero-order valence-electron chi connectivity index (χ0n) is 19.1. The third-order valence-corrected chi connectivity index (χ3v) is 6.80. The number of nitrogens with zero attached hydrogens (tertiary/aromatic N) is 3. The molecule has 0 spiro atoms. The van der Waals surface area contributed by atoms with Gasteiger partial charge >= 0.3 is 0 Å². The summed E-state index contributed by atoms with van der Waals surface area (Å²) in [5, 5.41) is 0.565. The maximum absolute atomic E-state index is 13.7. The molecule has 1 aliphatic rings. The Balaban J connectivity index is 1.50. The highest BCUT2D eigenvalue weighted by atomic mass is 32.1. The van der Waals surface area contributed by atoms with Crippen LogP contribution in [-0.2, 0) is 16.1 Å². The number of amides is 3. The van der Waals surface area contributed by atoms with E-state index < -0.39 is 0 Å². The van der Waals surface area contributed by atoms with Crippen LogP contribution in [0.5, 0.6) is 5.75 Å². The van der Waals surface area contributed by atoms with Crippen molar-refractivity contribution in [2.45, 2.75) is 26.3 Å². The fourth-order valence-corrected chi connectivity index (χ4v) is 5.05. The minimum absolute atomic E-state index is 0.214. The van der Waals surface area contributed by atoms with Crippen LogP contribution in [0.1, 0.15) is 35.7 Å². The number of carbonyl (C=O) groups excluding carboxylic acids is 3. The molecule has 0 saturated carbocycles. The van der Waals surface area contributed by atoms with Gasteiger partial charge in [0.1, 0.15) is 11.3 Å². The minimum Gasteiger partial charge on any atom is -0.492 e. The summed E-state index contributed by atoms with van der Waals surface area (Å²) in [7, 11) is 0. The summed E-state index contributed by atoms with van der Waals surface area (Å²) in [5.74, 6) is 0.0131. The van der Waals surface area contributed by atoms with Gasteiger partial charge in [-0.1, -0.05) is 47.7 Å². The molecule has 4 aromatic rings. The van der Waals surface area contributed by atoms with Crippen molar-refractivity contribution < 1.29 is 19.1 Å². The molecule has 0 N–H and O–H groups in total. The molecule has 0 aliphatic carbocycles. The first-order valence-corrected chi connectivity index (χ1v) is 12.2. The lowest BCUT2D eigenvalue weighted by atomic mass is 10.1. The molecule has 1 saturated heterocycles. The Hall–Kier alpha value is -4.04. The fourth-order valence-electron chi connectivity index (χ4n) is 4.06. The zero-order valence-corrected chi connectivity index (χ0v) is 20.0.